The molecule has 19 heavy (non-hydrogen) atoms. The molecule has 1 aromatic carbocycles. The van der Waals surface area contributed by atoms with E-state index in [4.69, 9.17) is 4.74 Å². The monoisotopic (exact) mass is 261 g/mol. The number of carbonyl (C=O) groups excluding carboxylic acids is 1. The van der Waals surface area contributed by atoms with Crippen LogP contribution in [0.3, 0.4) is 0 Å². The van der Waals surface area contributed by atoms with Gasteiger partial charge < -0.3 is 9.64 Å². The van der Waals surface area contributed by atoms with Crippen LogP contribution in [0.15, 0.2) is 30.3 Å². The third-order valence-corrected chi connectivity index (χ3v) is 3.84. The molecule has 2 rings (SSSR count). The van der Waals surface area contributed by atoms with Crippen molar-refractivity contribution < 1.29 is 9.53 Å². The molecular formula is C16H23NO2. The van der Waals surface area contributed by atoms with Gasteiger partial charge in [0.1, 0.15) is 0 Å². The zero-order valence-corrected chi connectivity index (χ0v) is 11.7. The highest BCUT2D eigenvalue weighted by molar-refractivity contribution is 5.72. The predicted octanol–water partition coefficient (Wildman–Crippen LogP) is 2.50. The number of benzene rings is 1. The van der Waals surface area contributed by atoms with Crippen LogP contribution in [-0.2, 0) is 16.0 Å². The molecule has 1 atom stereocenters. The van der Waals surface area contributed by atoms with Crippen LogP contribution in [0.2, 0.25) is 0 Å². The molecule has 0 aliphatic carbocycles. The van der Waals surface area contributed by atoms with Gasteiger partial charge in [-0.1, -0.05) is 30.3 Å². The van der Waals surface area contributed by atoms with Gasteiger partial charge in [0.2, 0.25) is 0 Å². The number of aryl methyl sites for hydroxylation is 1. The first-order valence-electron chi connectivity index (χ1n) is 7.13. The molecule has 0 aromatic heterocycles. The van der Waals surface area contributed by atoms with Gasteiger partial charge in [0.15, 0.2) is 0 Å². The summed E-state index contributed by atoms with van der Waals surface area (Å²) >= 11 is 0. The molecule has 0 spiro atoms. The molecule has 1 saturated heterocycles. The van der Waals surface area contributed by atoms with Crippen molar-refractivity contribution >= 4 is 5.97 Å². The number of ether oxygens (including phenoxy) is 1. The van der Waals surface area contributed by atoms with Crippen LogP contribution in [0.1, 0.15) is 24.8 Å². The molecule has 0 amide bonds. The highest BCUT2D eigenvalue weighted by Gasteiger charge is 2.28. The summed E-state index contributed by atoms with van der Waals surface area (Å²) in [4.78, 5) is 13.8. The zero-order valence-electron chi connectivity index (χ0n) is 11.7. The van der Waals surface area contributed by atoms with E-state index in [9.17, 15) is 4.79 Å². The fourth-order valence-corrected chi connectivity index (χ4v) is 2.70. The molecule has 0 bridgehead atoms. The third-order valence-electron chi connectivity index (χ3n) is 3.84. The van der Waals surface area contributed by atoms with E-state index in [1.165, 1.54) is 25.5 Å². The maximum absolute atomic E-state index is 11.4. The van der Waals surface area contributed by atoms with E-state index in [0.717, 1.165) is 32.5 Å². The van der Waals surface area contributed by atoms with Crippen molar-refractivity contribution in [3.63, 3.8) is 0 Å². The van der Waals surface area contributed by atoms with Gasteiger partial charge in [-0.2, -0.15) is 0 Å². The molecule has 1 aliphatic rings. The second-order valence-electron chi connectivity index (χ2n) is 5.25. The minimum Gasteiger partial charge on any atom is -0.469 e. The first-order valence-corrected chi connectivity index (χ1v) is 7.13. The van der Waals surface area contributed by atoms with Crippen molar-refractivity contribution in [1.29, 1.82) is 0 Å². The van der Waals surface area contributed by atoms with E-state index in [1.807, 2.05) is 0 Å². The Bertz CT molecular complexity index is 391. The maximum atomic E-state index is 11.4. The minimum absolute atomic E-state index is 0.0493. The smallest absolute Gasteiger partial charge is 0.310 e. The number of carbonyl (C=O) groups is 1. The molecule has 1 aromatic rings. The maximum Gasteiger partial charge on any atom is 0.310 e. The van der Waals surface area contributed by atoms with Crippen LogP contribution in [0.5, 0.6) is 0 Å². The predicted molar refractivity (Wildman–Crippen MR) is 75.9 cm³/mol. The molecule has 3 nitrogen and oxygen atoms in total. The first-order chi connectivity index (χ1) is 9.29. The van der Waals surface area contributed by atoms with Crippen molar-refractivity contribution in [2.75, 3.05) is 26.7 Å². The number of methoxy groups -OCH3 is 1. The van der Waals surface area contributed by atoms with E-state index in [0.29, 0.717) is 0 Å². The third kappa shape index (κ3) is 4.35. The lowest BCUT2D eigenvalue weighted by atomic mass is 10.1. The first kappa shape index (κ1) is 14.1. The number of unbranched alkanes of at least 4 members (excludes halogenated alkanes) is 1. The van der Waals surface area contributed by atoms with Crippen LogP contribution in [0.4, 0.5) is 0 Å². The largest absolute Gasteiger partial charge is 0.469 e. The number of likely N-dealkylation sites (tertiary alicyclic amines) is 1. The Balaban J connectivity index is 1.61. The van der Waals surface area contributed by atoms with Crippen LogP contribution >= 0.6 is 0 Å². The lowest BCUT2D eigenvalue weighted by molar-refractivity contribution is -0.144. The highest BCUT2D eigenvalue weighted by atomic mass is 16.5. The average Bonchev–Trinajstić information content (AvgIpc) is 2.93. The molecule has 104 valence electrons. The Hall–Kier alpha value is -1.35. The molecule has 1 fully saturated rings. The lowest BCUT2D eigenvalue weighted by Gasteiger charge is -2.15. The fraction of sp³-hybridized carbons (Fsp3) is 0.562. The SMILES string of the molecule is COC(=O)C1CCN(CCCCc2ccccc2)C1. The molecule has 0 radical (unpaired) electrons. The van der Waals surface area contributed by atoms with Crippen molar-refractivity contribution in [2.24, 2.45) is 5.92 Å². The number of nitrogens with zero attached hydrogens (tertiary/aromatic N) is 1. The summed E-state index contributed by atoms with van der Waals surface area (Å²) in [6.45, 7) is 3.00. The topological polar surface area (TPSA) is 29.5 Å². The van der Waals surface area contributed by atoms with Gasteiger partial charge in [-0.05, 0) is 44.3 Å². The van der Waals surface area contributed by atoms with Crippen molar-refractivity contribution in [1.82, 2.24) is 4.90 Å². The Morgan fingerprint density at radius 3 is 2.84 bits per heavy atom. The molecule has 1 unspecified atom stereocenters. The summed E-state index contributed by atoms with van der Waals surface area (Å²) < 4.78 is 4.80. The molecule has 1 heterocycles. The van der Waals surface area contributed by atoms with E-state index in [-0.39, 0.29) is 11.9 Å². The molecule has 1 aliphatic heterocycles. The fourth-order valence-electron chi connectivity index (χ4n) is 2.70. The standard InChI is InChI=1S/C16H23NO2/c1-19-16(18)15-10-12-17(13-15)11-6-5-9-14-7-3-2-4-8-14/h2-4,7-8,15H,5-6,9-13H2,1H3. The summed E-state index contributed by atoms with van der Waals surface area (Å²) in [7, 11) is 1.48. The molecule has 0 saturated carbocycles. The summed E-state index contributed by atoms with van der Waals surface area (Å²) in [5, 5.41) is 0. The lowest BCUT2D eigenvalue weighted by Crippen LogP contribution is -2.25. The molecule has 3 heteroatoms. The molecule has 0 N–H and O–H groups in total. The van der Waals surface area contributed by atoms with Gasteiger partial charge in [0.25, 0.3) is 0 Å². The number of rotatable bonds is 6. The number of esters is 1. The van der Waals surface area contributed by atoms with E-state index >= 15 is 0 Å². The van der Waals surface area contributed by atoms with Crippen LogP contribution in [-0.4, -0.2) is 37.6 Å². The zero-order chi connectivity index (χ0) is 13.5. The summed E-state index contributed by atoms with van der Waals surface area (Å²) in [6.07, 6.45) is 4.51. The Morgan fingerprint density at radius 1 is 1.32 bits per heavy atom. The van der Waals surface area contributed by atoms with Gasteiger partial charge in [-0.3, -0.25) is 4.79 Å². The Morgan fingerprint density at radius 2 is 2.11 bits per heavy atom. The quantitative estimate of drug-likeness (QED) is 0.582. The number of hydrogen-bond acceptors (Lipinski definition) is 3. The molecular weight excluding hydrogens is 238 g/mol. The minimum atomic E-state index is -0.0493. The summed E-state index contributed by atoms with van der Waals surface area (Å²) in [6, 6.07) is 10.6. The van der Waals surface area contributed by atoms with E-state index in [1.54, 1.807) is 0 Å². The van der Waals surface area contributed by atoms with Gasteiger partial charge in [-0.15, -0.1) is 0 Å². The summed E-state index contributed by atoms with van der Waals surface area (Å²) in [5.74, 6) is 0.0471. The van der Waals surface area contributed by atoms with Crippen molar-refractivity contribution in [3.8, 4) is 0 Å². The second-order valence-corrected chi connectivity index (χ2v) is 5.25. The van der Waals surface area contributed by atoms with Crippen LogP contribution in [0.25, 0.3) is 0 Å². The Kier molecular flexibility index (Phi) is 5.40. The van der Waals surface area contributed by atoms with E-state index < -0.39 is 0 Å². The van der Waals surface area contributed by atoms with Gasteiger partial charge >= 0.3 is 5.97 Å². The Labute approximate surface area is 115 Å². The van der Waals surface area contributed by atoms with Gasteiger partial charge in [-0.25, -0.2) is 0 Å². The number of hydrogen-bond donors (Lipinski definition) is 0. The van der Waals surface area contributed by atoms with Gasteiger partial charge in [0, 0.05) is 6.54 Å². The van der Waals surface area contributed by atoms with Crippen LogP contribution in [0, 0.1) is 5.92 Å². The second kappa shape index (κ2) is 7.29. The van der Waals surface area contributed by atoms with E-state index in [2.05, 4.69) is 35.2 Å². The summed E-state index contributed by atoms with van der Waals surface area (Å²) in [5.41, 5.74) is 1.41. The highest BCUT2D eigenvalue weighted by Crippen LogP contribution is 2.18. The van der Waals surface area contributed by atoms with Gasteiger partial charge in [0.05, 0.1) is 13.0 Å². The normalized spacial score (nSPS) is 19.5. The average molecular weight is 261 g/mol. The van der Waals surface area contributed by atoms with Crippen molar-refractivity contribution in [3.05, 3.63) is 35.9 Å². The van der Waals surface area contributed by atoms with Crippen molar-refractivity contribution in [2.45, 2.75) is 25.7 Å². The van der Waals surface area contributed by atoms with Crippen LogP contribution < -0.4 is 0 Å².